The van der Waals surface area contributed by atoms with Gasteiger partial charge >= 0.3 is 5.97 Å². The summed E-state index contributed by atoms with van der Waals surface area (Å²) in [5.41, 5.74) is 1.84. The molecule has 4 aromatic carbocycles. The van der Waals surface area contributed by atoms with Crippen LogP contribution in [0, 0.1) is 0 Å². The maximum atomic E-state index is 12.7. The number of fused-ring (bicyclic) bond motifs is 2. The minimum absolute atomic E-state index is 0.190. The molecule has 0 radical (unpaired) electrons. The Hall–Kier alpha value is -4.78. The van der Waals surface area contributed by atoms with Crippen molar-refractivity contribution in [2.24, 2.45) is 0 Å². The van der Waals surface area contributed by atoms with Crippen LogP contribution < -0.4 is 10.2 Å². The number of anilines is 2. The lowest BCUT2D eigenvalue weighted by Gasteiger charge is -2.16. The summed E-state index contributed by atoms with van der Waals surface area (Å²) in [5.74, 6) is -1.99. The van der Waals surface area contributed by atoms with E-state index >= 15 is 0 Å². The lowest BCUT2D eigenvalue weighted by atomic mass is 10.1. The number of esters is 1. The van der Waals surface area contributed by atoms with Gasteiger partial charge in [-0.25, -0.2) is 9.69 Å². The normalized spacial score (nSPS) is 13.5. The van der Waals surface area contributed by atoms with Gasteiger partial charge in [-0.1, -0.05) is 48.5 Å². The molecule has 172 valence electrons. The number of hydrogen-bond acceptors (Lipinski definition) is 5. The van der Waals surface area contributed by atoms with Gasteiger partial charge in [0.1, 0.15) is 0 Å². The fourth-order valence-corrected chi connectivity index (χ4v) is 4.02. The molecule has 0 aromatic heterocycles. The Balaban J connectivity index is 1.26. The molecule has 4 aromatic rings. The summed E-state index contributed by atoms with van der Waals surface area (Å²) < 4.78 is 5.34. The van der Waals surface area contributed by atoms with E-state index in [4.69, 9.17) is 4.74 Å². The minimum atomic E-state index is -1.04. The van der Waals surface area contributed by atoms with E-state index in [0.29, 0.717) is 22.5 Å². The minimum Gasteiger partial charge on any atom is -0.449 e. The zero-order chi connectivity index (χ0) is 24.5. The van der Waals surface area contributed by atoms with Gasteiger partial charge in [-0.05, 0) is 54.8 Å². The van der Waals surface area contributed by atoms with E-state index in [2.05, 4.69) is 5.32 Å². The predicted octanol–water partition coefficient (Wildman–Crippen LogP) is 4.82. The Bertz CT molecular complexity index is 1450. The van der Waals surface area contributed by atoms with Crippen LogP contribution in [0.15, 0.2) is 91.0 Å². The van der Waals surface area contributed by atoms with Crippen LogP contribution in [-0.4, -0.2) is 29.8 Å². The molecule has 7 heteroatoms. The van der Waals surface area contributed by atoms with Crippen molar-refractivity contribution in [1.82, 2.24) is 0 Å². The van der Waals surface area contributed by atoms with E-state index in [1.54, 1.807) is 30.3 Å². The van der Waals surface area contributed by atoms with E-state index in [1.165, 1.54) is 31.2 Å². The van der Waals surface area contributed by atoms with Crippen molar-refractivity contribution < 1.29 is 23.9 Å². The molecular weight excluding hydrogens is 444 g/mol. The molecule has 0 saturated carbocycles. The summed E-state index contributed by atoms with van der Waals surface area (Å²) in [5, 5.41) is 4.67. The molecule has 35 heavy (non-hydrogen) atoms. The smallest absolute Gasteiger partial charge is 0.338 e. The van der Waals surface area contributed by atoms with Crippen LogP contribution in [0.3, 0.4) is 0 Å². The van der Waals surface area contributed by atoms with Gasteiger partial charge in [0.25, 0.3) is 17.7 Å². The van der Waals surface area contributed by atoms with Gasteiger partial charge in [-0.2, -0.15) is 0 Å². The number of imide groups is 1. The number of carbonyl (C=O) groups excluding carboxylic acids is 4. The third-order valence-corrected chi connectivity index (χ3v) is 5.86. The monoisotopic (exact) mass is 464 g/mol. The fourth-order valence-electron chi connectivity index (χ4n) is 4.02. The molecule has 1 aliphatic rings. The van der Waals surface area contributed by atoms with Gasteiger partial charge in [0, 0.05) is 11.1 Å². The lowest BCUT2D eigenvalue weighted by Crippen LogP contribution is -2.30. The van der Waals surface area contributed by atoms with Crippen LogP contribution in [0.25, 0.3) is 10.8 Å². The predicted molar refractivity (Wildman–Crippen MR) is 131 cm³/mol. The van der Waals surface area contributed by atoms with Crippen molar-refractivity contribution in [3.8, 4) is 0 Å². The molecule has 0 saturated heterocycles. The van der Waals surface area contributed by atoms with Crippen LogP contribution in [-0.2, 0) is 9.53 Å². The molecule has 1 heterocycles. The average molecular weight is 464 g/mol. The highest BCUT2D eigenvalue weighted by Gasteiger charge is 2.36. The first kappa shape index (κ1) is 22.0. The Kier molecular flexibility index (Phi) is 5.58. The summed E-state index contributed by atoms with van der Waals surface area (Å²) in [4.78, 5) is 51.6. The number of nitrogens with one attached hydrogen (secondary N) is 1. The zero-order valence-electron chi connectivity index (χ0n) is 18.7. The summed E-state index contributed by atoms with van der Waals surface area (Å²) in [6.45, 7) is 1.49. The zero-order valence-corrected chi connectivity index (χ0v) is 18.7. The maximum Gasteiger partial charge on any atom is 0.338 e. The van der Waals surface area contributed by atoms with E-state index in [-0.39, 0.29) is 5.56 Å². The third kappa shape index (κ3) is 4.04. The van der Waals surface area contributed by atoms with Crippen LogP contribution in [0.5, 0.6) is 0 Å². The number of rotatable bonds is 5. The quantitative estimate of drug-likeness (QED) is 0.338. The van der Waals surface area contributed by atoms with Crippen molar-refractivity contribution in [3.05, 3.63) is 108 Å². The number of nitrogens with zero attached hydrogens (tertiary/aromatic N) is 1. The van der Waals surface area contributed by atoms with E-state index < -0.39 is 29.8 Å². The van der Waals surface area contributed by atoms with E-state index in [1.807, 2.05) is 36.4 Å². The number of carbonyl (C=O) groups is 4. The molecule has 1 aliphatic heterocycles. The second-order valence-corrected chi connectivity index (χ2v) is 8.10. The standard InChI is InChI=1S/C28H20N2O5/c1-17(25(31)29-24-12-6-8-18-7-2-3-9-21(18)24)35-28(34)19-13-15-20(16-14-19)30-26(32)22-10-4-5-11-23(22)27(30)33/h2-17H,1H3,(H,29,31). The highest BCUT2D eigenvalue weighted by Crippen LogP contribution is 2.28. The number of hydrogen-bond donors (Lipinski definition) is 1. The van der Waals surface area contributed by atoms with Gasteiger partial charge in [-0.3, -0.25) is 14.4 Å². The van der Waals surface area contributed by atoms with Crippen molar-refractivity contribution in [3.63, 3.8) is 0 Å². The average Bonchev–Trinajstić information content (AvgIpc) is 3.14. The van der Waals surface area contributed by atoms with Crippen molar-refractivity contribution in [2.45, 2.75) is 13.0 Å². The second kappa shape index (κ2) is 8.87. The molecule has 0 fully saturated rings. The lowest BCUT2D eigenvalue weighted by molar-refractivity contribution is -0.123. The van der Waals surface area contributed by atoms with Crippen LogP contribution >= 0.6 is 0 Å². The van der Waals surface area contributed by atoms with Crippen LogP contribution in [0.2, 0.25) is 0 Å². The molecule has 3 amide bonds. The fraction of sp³-hybridized carbons (Fsp3) is 0.0714. The van der Waals surface area contributed by atoms with Crippen LogP contribution in [0.4, 0.5) is 11.4 Å². The molecule has 1 atom stereocenters. The Labute approximate surface area is 200 Å². The molecular formula is C28H20N2O5. The van der Waals surface area contributed by atoms with Gasteiger partial charge in [-0.15, -0.1) is 0 Å². The van der Waals surface area contributed by atoms with Crippen LogP contribution in [0.1, 0.15) is 38.0 Å². The van der Waals surface area contributed by atoms with E-state index in [9.17, 15) is 19.2 Å². The van der Waals surface area contributed by atoms with Gasteiger partial charge < -0.3 is 10.1 Å². The SMILES string of the molecule is CC(OC(=O)c1ccc(N2C(=O)c3ccccc3C2=O)cc1)C(=O)Nc1cccc2ccccc12. The third-order valence-electron chi connectivity index (χ3n) is 5.86. The van der Waals surface area contributed by atoms with Crippen molar-refractivity contribution in [1.29, 1.82) is 0 Å². The molecule has 7 nitrogen and oxygen atoms in total. The first-order valence-corrected chi connectivity index (χ1v) is 11.0. The topological polar surface area (TPSA) is 92.8 Å². The first-order valence-electron chi connectivity index (χ1n) is 11.0. The van der Waals surface area contributed by atoms with Crippen molar-refractivity contribution in [2.75, 3.05) is 10.2 Å². The number of benzene rings is 4. The molecule has 0 spiro atoms. The van der Waals surface area contributed by atoms with Gasteiger partial charge in [0.15, 0.2) is 6.10 Å². The summed E-state index contributed by atoms with van der Waals surface area (Å²) in [6.07, 6.45) is -1.04. The summed E-state index contributed by atoms with van der Waals surface area (Å²) in [7, 11) is 0. The van der Waals surface area contributed by atoms with Gasteiger partial charge in [0.2, 0.25) is 0 Å². The Morgan fingerprint density at radius 1 is 0.771 bits per heavy atom. The Morgan fingerprint density at radius 2 is 1.37 bits per heavy atom. The molecule has 1 unspecified atom stereocenters. The van der Waals surface area contributed by atoms with Gasteiger partial charge in [0.05, 0.1) is 22.4 Å². The summed E-state index contributed by atoms with van der Waals surface area (Å²) >= 11 is 0. The molecule has 0 aliphatic carbocycles. The Morgan fingerprint density at radius 3 is 2.06 bits per heavy atom. The second-order valence-electron chi connectivity index (χ2n) is 8.10. The van der Waals surface area contributed by atoms with Crippen molar-refractivity contribution >= 4 is 45.8 Å². The maximum absolute atomic E-state index is 12.7. The molecule has 1 N–H and O–H groups in total. The largest absolute Gasteiger partial charge is 0.449 e. The highest BCUT2D eigenvalue weighted by molar-refractivity contribution is 6.34. The van der Waals surface area contributed by atoms with E-state index in [0.717, 1.165) is 15.7 Å². The number of ether oxygens (including phenoxy) is 1. The number of amides is 3. The highest BCUT2D eigenvalue weighted by atomic mass is 16.5. The molecule has 5 rings (SSSR count). The first-order chi connectivity index (χ1) is 16.9. The summed E-state index contributed by atoms with van der Waals surface area (Å²) in [6, 6.07) is 25.7. The molecule has 0 bridgehead atoms.